The summed E-state index contributed by atoms with van der Waals surface area (Å²) < 4.78 is 3.58. The summed E-state index contributed by atoms with van der Waals surface area (Å²) in [7, 11) is -2.14. The first kappa shape index (κ1) is 16.3. The van der Waals surface area contributed by atoms with Gasteiger partial charge >= 0.3 is 97.8 Å². The van der Waals surface area contributed by atoms with Gasteiger partial charge in [0.25, 0.3) is 0 Å². The van der Waals surface area contributed by atoms with Crippen molar-refractivity contribution in [1.29, 1.82) is 0 Å². The van der Waals surface area contributed by atoms with Gasteiger partial charge in [0, 0.05) is 0 Å². The Balaban J connectivity index is -0.0000000800. The van der Waals surface area contributed by atoms with E-state index in [9.17, 15) is 0 Å². The van der Waals surface area contributed by atoms with E-state index in [1.165, 1.54) is 17.8 Å². The maximum absolute atomic E-state index is 9.10. The third-order valence-electron chi connectivity index (χ3n) is 0.0861. The van der Waals surface area contributed by atoms with Crippen LogP contribution < -0.4 is 69.2 Å². The van der Waals surface area contributed by atoms with Gasteiger partial charge in [-0.25, -0.2) is 0 Å². The maximum atomic E-state index is 9.10. The number of rotatable bonds is 1. The fourth-order valence-corrected chi connectivity index (χ4v) is 0. The van der Waals surface area contributed by atoms with E-state index < -0.39 is 7.32 Å². The molecule has 0 aliphatic carbocycles. The molecule has 0 rings (SSSR count). The van der Waals surface area contributed by atoms with Crippen molar-refractivity contribution in [3.63, 3.8) is 0 Å². The molecule has 28 valence electrons. The molecular weight excluding hydrogens is 156 g/mol. The standard InChI is InChI=1S/BO3.2Na.V/c2-1(3)4;;;/q-3;3*+1. The normalized spacial score (nSPS) is 5.43. The second kappa shape index (κ2) is 11.3. The van der Waals surface area contributed by atoms with Gasteiger partial charge in [0.2, 0.25) is 0 Å². The van der Waals surface area contributed by atoms with Crippen LogP contribution in [0.5, 0.6) is 0 Å². The summed E-state index contributed by atoms with van der Waals surface area (Å²) in [6.07, 6.45) is 0. The van der Waals surface area contributed by atoms with Crippen molar-refractivity contribution in [2.45, 2.75) is 0 Å². The molecule has 0 fully saturated rings. The number of hydrogen-bond acceptors (Lipinski definition) is 3. The van der Waals surface area contributed by atoms with Crippen molar-refractivity contribution < 1.29 is 90.5 Å². The second-order valence-corrected chi connectivity index (χ2v) is 0.723. The van der Waals surface area contributed by atoms with Gasteiger partial charge in [-0.05, 0) is 0 Å². The third-order valence-corrected chi connectivity index (χ3v) is 0.355. The minimum absolute atomic E-state index is 0. The Morgan fingerprint density at radius 1 is 1.29 bits per heavy atom. The van der Waals surface area contributed by atoms with Crippen LogP contribution in [0, 0.1) is 0 Å². The van der Waals surface area contributed by atoms with E-state index in [0.717, 1.165) is 0 Å². The summed E-state index contributed by atoms with van der Waals surface area (Å²) in [6, 6.07) is 0. The topological polar surface area (TPSA) is 55.3 Å². The quantitative estimate of drug-likeness (QED) is 0.354. The third kappa shape index (κ3) is 17.7. The van der Waals surface area contributed by atoms with Gasteiger partial charge in [-0.15, -0.1) is 0 Å². The zero-order valence-electron chi connectivity index (χ0n) is 4.25. The van der Waals surface area contributed by atoms with Crippen LogP contribution in [0.3, 0.4) is 0 Å². The molecule has 0 heterocycles. The predicted molar refractivity (Wildman–Crippen MR) is 6.84 cm³/mol. The van der Waals surface area contributed by atoms with Crippen LogP contribution in [0.1, 0.15) is 0 Å². The fourth-order valence-electron chi connectivity index (χ4n) is 0. The predicted octanol–water partition coefficient (Wildman–Crippen LogP) is -8.82. The van der Waals surface area contributed by atoms with Gasteiger partial charge in [-0.3, -0.25) is 0 Å². The molecule has 0 saturated heterocycles. The minimum atomic E-state index is -2.14. The van der Waals surface area contributed by atoms with Crippen LogP contribution in [0.2, 0.25) is 0 Å². The van der Waals surface area contributed by atoms with Gasteiger partial charge in [0.1, 0.15) is 0 Å². The molecule has 7 heteroatoms. The van der Waals surface area contributed by atoms with E-state index in [0.29, 0.717) is 0 Å². The van der Waals surface area contributed by atoms with Gasteiger partial charge < -0.3 is 0 Å². The SMILES string of the molecule is [Na+].[Na+].[O-]B([O-])[O][V]. The molecule has 0 aromatic rings. The molecule has 0 radical (unpaired) electrons. The molecule has 0 bridgehead atoms. The Labute approximate surface area is 96.3 Å². The van der Waals surface area contributed by atoms with Crippen LogP contribution in [0.15, 0.2) is 0 Å². The molecular formula is BNa2O3V. The summed E-state index contributed by atoms with van der Waals surface area (Å²) in [5.74, 6) is 0. The van der Waals surface area contributed by atoms with E-state index >= 15 is 0 Å². The first-order chi connectivity index (χ1) is 2.27. The summed E-state index contributed by atoms with van der Waals surface area (Å²) >= 11 is 1.45. The first-order valence-electron chi connectivity index (χ1n) is 0.890. The molecule has 0 aromatic heterocycles. The molecule has 3 nitrogen and oxygen atoms in total. The first-order valence-corrected chi connectivity index (χ1v) is 1.46. The van der Waals surface area contributed by atoms with Crippen molar-refractivity contribution in [3.8, 4) is 0 Å². The Hall–Kier alpha value is 2.53. The zero-order chi connectivity index (χ0) is 4.28. The molecule has 0 N–H and O–H groups in total. The molecule has 0 atom stereocenters. The zero-order valence-corrected chi connectivity index (χ0v) is 9.65. The molecule has 0 aliphatic rings. The monoisotopic (exact) mass is 156 g/mol. The van der Waals surface area contributed by atoms with E-state index in [1.807, 2.05) is 0 Å². The molecule has 0 aromatic carbocycles. The van der Waals surface area contributed by atoms with Crippen molar-refractivity contribution in [2.75, 3.05) is 0 Å². The Bertz CT molecular complexity index is 26.9. The Kier molecular flexibility index (Phi) is 26.3. The molecule has 0 amide bonds. The fraction of sp³-hybridized carbons (Fsp3) is 0. The van der Waals surface area contributed by atoms with Crippen LogP contribution in [-0.2, 0) is 21.4 Å². The van der Waals surface area contributed by atoms with Crippen LogP contribution in [-0.4, -0.2) is 7.32 Å². The van der Waals surface area contributed by atoms with Crippen LogP contribution >= 0.6 is 0 Å². The van der Waals surface area contributed by atoms with Crippen LogP contribution in [0.25, 0.3) is 0 Å². The van der Waals surface area contributed by atoms with Crippen molar-refractivity contribution in [1.82, 2.24) is 0 Å². The van der Waals surface area contributed by atoms with Crippen molar-refractivity contribution >= 4 is 7.32 Å². The second-order valence-electron chi connectivity index (χ2n) is 0.394. The molecule has 0 spiro atoms. The average Bonchev–Trinajstić information content (AvgIpc) is 1.38. The molecule has 0 saturated carbocycles. The van der Waals surface area contributed by atoms with Gasteiger partial charge in [-0.2, -0.15) is 0 Å². The molecule has 0 aliphatic heterocycles. The van der Waals surface area contributed by atoms with Gasteiger partial charge in [-0.1, -0.05) is 0 Å². The van der Waals surface area contributed by atoms with Crippen molar-refractivity contribution in [2.24, 2.45) is 0 Å². The van der Waals surface area contributed by atoms with E-state index in [1.54, 1.807) is 0 Å². The van der Waals surface area contributed by atoms with E-state index in [4.69, 9.17) is 10.0 Å². The molecule has 0 unspecified atom stereocenters. The Morgan fingerprint density at radius 2 is 1.43 bits per heavy atom. The van der Waals surface area contributed by atoms with E-state index in [2.05, 4.69) is 3.58 Å². The molecule has 7 heavy (non-hydrogen) atoms. The van der Waals surface area contributed by atoms with Crippen molar-refractivity contribution in [3.05, 3.63) is 0 Å². The Morgan fingerprint density at radius 3 is 1.43 bits per heavy atom. The van der Waals surface area contributed by atoms with E-state index in [-0.39, 0.29) is 59.1 Å². The summed E-state index contributed by atoms with van der Waals surface area (Å²) in [5.41, 5.74) is 0. The van der Waals surface area contributed by atoms with Gasteiger partial charge in [0.05, 0.1) is 0 Å². The average molecular weight is 156 g/mol. The summed E-state index contributed by atoms with van der Waals surface area (Å²) in [5, 5.41) is 18.2. The summed E-state index contributed by atoms with van der Waals surface area (Å²) in [4.78, 5) is 0. The number of hydrogen-bond donors (Lipinski definition) is 0. The van der Waals surface area contributed by atoms with Crippen LogP contribution in [0.4, 0.5) is 0 Å². The summed E-state index contributed by atoms with van der Waals surface area (Å²) in [6.45, 7) is 0. The van der Waals surface area contributed by atoms with Gasteiger partial charge in [0.15, 0.2) is 0 Å².